The number of amides is 1. The van der Waals surface area contributed by atoms with E-state index in [-0.39, 0.29) is 17.3 Å². The predicted octanol–water partition coefficient (Wildman–Crippen LogP) is 2.77. The molecule has 0 saturated heterocycles. The molecule has 0 aliphatic heterocycles. The van der Waals surface area contributed by atoms with E-state index in [2.05, 4.69) is 25.4 Å². The maximum Gasteiger partial charge on any atom is 0.348 e. The van der Waals surface area contributed by atoms with Crippen molar-refractivity contribution in [1.82, 2.24) is 24.6 Å². The summed E-state index contributed by atoms with van der Waals surface area (Å²) >= 11 is 4.31. The third kappa shape index (κ3) is 6.29. The number of anilines is 1. The van der Waals surface area contributed by atoms with E-state index in [4.69, 9.17) is 0 Å². The molecule has 0 aromatic carbocycles. The second-order valence-corrected chi connectivity index (χ2v) is 10.7. The Morgan fingerprint density at radius 3 is 2.80 bits per heavy atom. The van der Waals surface area contributed by atoms with Crippen molar-refractivity contribution in [2.45, 2.75) is 54.9 Å². The Balaban J connectivity index is 1.67. The molecule has 0 fully saturated rings. The van der Waals surface area contributed by atoms with Crippen LogP contribution in [0, 0.1) is 0 Å². The van der Waals surface area contributed by atoms with E-state index in [1.165, 1.54) is 23.1 Å². The van der Waals surface area contributed by atoms with Crippen LogP contribution in [0.4, 0.5) is 5.13 Å². The van der Waals surface area contributed by atoms with Crippen LogP contribution in [0.3, 0.4) is 0 Å². The normalized spacial score (nSPS) is 13.5. The number of aromatic nitrogens is 4. The van der Waals surface area contributed by atoms with Gasteiger partial charge in [0.1, 0.15) is 5.03 Å². The van der Waals surface area contributed by atoms with Crippen molar-refractivity contribution >= 4 is 45.9 Å². The standard InChI is InChI=1S/C19H28N6O2S3/c1-4-28-19-23-22-17(30-19)20-15(26)12-29-16-13-8-5-6-9-14(13)25(18(27)21-16)11-7-10-24(2)3/h4-12H2,1-3H3,(H,20,22,26). The fourth-order valence-corrected chi connectivity index (χ4v) is 5.92. The van der Waals surface area contributed by atoms with Gasteiger partial charge in [-0.15, -0.1) is 10.2 Å². The molecule has 0 atom stereocenters. The predicted molar refractivity (Wildman–Crippen MR) is 124 cm³/mol. The van der Waals surface area contributed by atoms with Gasteiger partial charge < -0.3 is 4.90 Å². The first kappa shape index (κ1) is 23.2. The van der Waals surface area contributed by atoms with Gasteiger partial charge in [0, 0.05) is 17.8 Å². The Labute approximate surface area is 189 Å². The van der Waals surface area contributed by atoms with Gasteiger partial charge in [0.15, 0.2) is 4.34 Å². The minimum atomic E-state index is -0.206. The summed E-state index contributed by atoms with van der Waals surface area (Å²) in [5.74, 6) is 0.945. The van der Waals surface area contributed by atoms with Gasteiger partial charge in [0.05, 0.1) is 5.75 Å². The summed E-state index contributed by atoms with van der Waals surface area (Å²) in [5.41, 5.74) is 2.04. The lowest BCUT2D eigenvalue weighted by atomic mass is 9.97. The van der Waals surface area contributed by atoms with Gasteiger partial charge in [-0.1, -0.05) is 41.8 Å². The minimum absolute atomic E-state index is 0.161. The highest BCUT2D eigenvalue weighted by molar-refractivity contribution is 8.01. The smallest absolute Gasteiger partial charge is 0.309 e. The summed E-state index contributed by atoms with van der Waals surface area (Å²) in [6, 6.07) is 0. The van der Waals surface area contributed by atoms with Crippen LogP contribution in [0.1, 0.15) is 37.4 Å². The van der Waals surface area contributed by atoms with Crippen molar-refractivity contribution in [2.24, 2.45) is 0 Å². The summed E-state index contributed by atoms with van der Waals surface area (Å²) < 4.78 is 2.69. The molecule has 8 nitrogen and oxygen atoms in total. The molecule has 30 heavy (non-hydrogen) atoms. The highest BCUT2D eigenvalue weighted by atomic mass is 32.2. The molecule has 2 aromatic rings. The van der Waals surface area contributed by atoms with Gasteiger partial charge in [-0.05, 0) is 58.5 Å². The average Bonchev–Trinajstić information content (AvgIpc) is 3.15. The van der Waals surface area contributed by atoms with Crippen LogP contribution in [0.25, 0.3) is 0 Å². The van der Waals surface area contributed by atoms with E-state index in [0.29, 0.717) is 16.7 Å². The minimum Gasteiger partial charge on any atom is -0.309 e. The highest BCUT2D eigenvalue weighted by Crippen LogP contribution is 2.29. The first-order valence-corrected chi connectivity index (χ1v) is 12.9. The van der Waals surface area contributed by atoms with Crippen LogP contribution in [-0.4, -0.2) is 62.7 Å². The van der Waals surface area contributed by atoms with E-state index < -0.39 is 0 Å². The fourth-order valence-electron chi connectivity index (χ4n) is 3.37. The molecular weight excluding hydrogens is 440 g/mol. The van der Waals surface area contributed by atoms with Crippen molar-refractivity contribution in [2.75, 3.05) is 37.5 Å². The zero-order valence-electron chi connectivity index (χ0n) is 17.6. The Morgan fingerprint density at radius 1 is 1.23 bits per heavy atom. The molecule has 1 N–H and O–H groups in total. The molecule has 3 rings (SSSR count). The zero-order valence-corrected chi connectivity index (χ0v) is 20.1. The van der Waals surface area contributed by atoms with Gasteiger partial charge in [0.25, 0.3) is 0 Å². The topological polar surface area (TPSA) is 93.0 Å². The quantitative estimate of drug-likeness (QED) is 0.323. The lowest BCUT2D eigenvalue weighted by Gasteiger charge is -2.23. The van der Waals surface area contributed by atoms with Gasteiger partial charge >= 0.3 is 5.69 Å². The first-order chi connectivity index (χ1) is 14.5. The number of thioether (sulfide) groups is 2. The maximum atomic E-state index is 12.7. The number of hydrogen-bond donors (Lipinski definition) is 1. The van der Waals surface area contributed by atoms with Crippen LogP contribution in [0.15, 0.2) is 14.2 Å². The third-order valence-corrected chi connectivity index (χ3v) is 7.57. The lowest BCUT2D eigenvalue weighted by Crippen LogP contribution is -2.31. The number of nitrogens with one attached hydrogen (secondary N) is 1. The molecule has 0 unspecified atom stereocenters. The van der Waals surface area contributed by atoms with Gasteiger partial charge in [-0.2, -0.15) is 4.98 Å². The molecule has 2 heterocycles. The Morgan fingerprint density at radius 2 is 2.03 bits per heavy atom. The average molecular weight is 469 g/mol. The van der Waals surface area contributed by atoms with Crippen molar-refractivity contribution in [1.29, 1.82) is 0 Å². The highest BCUT2D eigenvalue weighted by Gasteiger charge is 2.21. The van der Waals surface area contributed by atoms with Crippen LogP contribution >= 0.6 is 34.9 Å². The molecule has 2 aromatic heterocycles. The monoisotopic (exact) mass is 468 g/mol. The molecule has 1 amide bonds. The van der Waals surface area contributed by atoms with Gasteiger partial charge in [0.2, 0.25) is 11.0 Å². The van der Waals surface area contributed by atoms with Crippen molar-refractivity contribution in [3.63, 3.8) is 0 Å². The van der Waals surface area contributed by atoms with Crippen molar-refractivity contribution in [3.05, 3.63) is 21.7 Å². The van der Waals surface area contributed by atoms with E-state index in [1.54, 1.807) is 11.8 Å². The summed E-state index contributed by atoms with van der Waals surface area (Å²) in [6.45, 7) is 3.67. The molecule has 11 heteroatoms. The third-order valence-electron chi connectivity index (χ3n) is 4.70. The Kier molecular flexibility index (Phi) is 8.72. The molecular formula is C19H28N6O2S3. The molecule has 0 bridgehead atoms. The first-order valence-electron chi connectivity index (χ1n) is 10.1. The van der Waals surface area contributed by atoms with Crippen molar-refractivity contribution < 1.29 is 4.79 Å². The second-order valence-electron chi connectivity index (χ2n) is 7.28. The summed E-state index contributed by atoms with van der Waals surface area (Å²) in [7, 11) is 4.07. The van der Waals surface area contributed by atoms with Crippen LogP contribution < -0.4 is 11.0 Å². The molecule has 164 valence electrons. The van der Waals surface area contributed by atoms with E-state index >= 15 is 0 Å². The summed E-state index contributed by atoms with van der Waals surface area (Å²) in [6.07, 6.45) is 4.90. The Hall–Kier alpha value is -1.43. The van der Waals surface area contributed by atoms with Gasteiger partial charge in [-0.3, -0.25) is 14.7 Å². The Bertz CT molecular complexity index is 927. The number of carbonyl (C=O) groups is 1. The zero-order chi connectivity index (χ0) is 21.5. The number of rotatable bonds is 10. The van der Waals surface area contributed by atoms with Crippen LogP contribution in [-0.2, 0) is 24.2 Å². The number of carbonyl (C=O) groups excluding carboxylic acids is 1. The largest absolute Gasteiger partial charge is 0.348 e. The molecule has 0 spiro atoms. The molecule has 0 radical (unpaired) electrons. The summed E-state index contributed by atoms with van der Waals surface area (Å²) in [5, 5.41) is 12.0. The number of fused-ring (bicyclic) bond motifs is 1. The van der Waals surface area contributed by atoms with E-state index in [0.717, 1.165) is 60.0 Å². The van der Waals surface area contributed by atoms with Crippen LogP contribution in [0.5, 0.6) is 0 Å². The van der Waals surface area contributed by atoms with Gasteiger partial charge in [-0.25, -0.2) is 4.79 Å². The van der Waals surface area contributed by atoms with Crippen molar-refractivity contribution in [3.8, 4) is 0 Å². The molecule has 1 aliphatic rings. The second kappa shape index (κ2) is 11.3. The van der Waals surface area contributed by atoms with Crippen LogP contribution in [0.2, 0.25) is 0 Å². The number of nitrogens with zero attached hydrogens (tertiary/aromatic N) is 5. The van der Waals surface area contributed by atoms with E-state index in [9.17, 15) is 9.59 Å². The molecule has 1 aliphatic carbocycles. The lowest BCUT2D eigenvalue weighted by molar-refractivity contribution is -0.113. The number of hydrogen-bond acceptors (Lipinski definition) is 9. The molecule has 0 saturated carbocycles. The SMILES string of the molecule is CCSc1nnc(NC(=O)CSc2nc(=O)n(CCCN(C)C)c3c2CCCC3)s1. The summed E-state index contributed by atoms with van der Waals surface area (Å²) in [4.78, 5) is 31.5. The van der Waals surface area contributed by atoms with E-state index in [1.807, 2.05) is 25.6 Å². The maximum absolute atomic E-state index is 12.7. The fraction of sp³-hybridized carbons (Fsp3) is 0.632.